The molecule has 2 rings (SSSR count). The van der Waals surface area contributed by atoms with E-state index in [4.69, 9.17) is 10.1 Å². The van der Waals surface area contributed by atoms with E-state index >= 15 is 0 Å². The number of carbonyl (C=O) groups is 1. The Bertz CT molecular complexity index is 742. The molecule has 1 atom stereocenters. The predicted molar refractivity (Wildman–Crippen MR) is 110 cm³/mol. The summed E-state index contributed by atoms with van der Waals surface area (Å²) >= 11 is 0. The van der Waals surface area contributed by atoms with Crippen LogP contribution in [0.1, 0.15) is 12.5 Å². The van der Waals surface area contributed by atoms with Crippen LogP contribution in [0.15, 0.2) is 42.5 Å². The first-order chi connectivity index (χ1) is 13.2. The number of urea groups is 1. The quantitative estimate of drug-likeness (QED) is 0.404. The van der Waals surface area contributed by atoms with Gasteiger partial charge in [-0.25, -0.2) is 9.78 Å². The Balaban J connectivity index is 2.19. The summed E-state index contributed by atoms with van der Waals surface area (Å²) in [6, 6.07) is 0.979. The fraction of sp³-hybridized carbons (Fsp3) is 0.316. The molecule has 1 aromatic heterocycles. The van der Waals surface area contributed by atoms with Gasteiger partial charge in [-0.1, -0.05) is 36.5 Å². The average Bonchev–Trinajstić information content (AvgIpc) is 2.65. The van der Waals surface area contributed by atoms with E-state index in [1.807, 2.05) is 43.4 Å². The number of rotatable bonds is 5. The molecule has 8 heteroatoms. The van der Waals surface area contributed by atoms with Crippen molar-refractivity contribution in [3.8, 4) is 0 Å². The molecule has 2 amide bonds. The highest BCUT2D eigenvalue weighted by atomic mass is 16.5. The fourth-order valence-corrected chi connectivity index (χ4v) is 2.49. The number of hydrogen-bond acceptors (Lipinski definition) is 6. The number of fused-ring (bicyclic) bond motifs is 2. The minimum absolute atomic E-state index is 0.280. The molecule has 0 unspecified atom stereocenters. The maximum absolute atomic E-state index is 12.3. The van der Waals surface area contributed by atoms with E-state index in [1.165, 1.54) is 6.21 Å². The second kappa shape index (κ2) is 10.8. The van der Waals surface area contributed by atoms with Crippen molar-refractivity contribution in [2.75, 3.05) is 42.8 Å². The van der Waals surface area contributed by atoms with Crippen molar-refractivity contribution in [2.24, 2.45) is 0 Å². The molecule has 0 fully saturated rings. The molecule has 1 aliphatic heterocycles. The smallest absolute Gasteiger partial charge is 0.320 e. The van der Waals surface area contributed by atoms with Gasteiger partial charge in [-0.3, -0.25) is 5.32 Å². The van der Waals surface area contributed by atoms with Crippen molar-refractivity contribution in [2.45, 2.75) is 13.0 Å². The molecule has 0 aliphatic carbocycles. The molecular formula is C19H26N6O2. The van der Waals surface area contributed by atoms with Gasteiger partial charge in [0.25, 0.3) is 0 Å². The Morgan fingerprint density at radius 3 is 2.89 bits per heavy atom. The van der Waals surface area contributed by atoms with E-state index < -0.39 is 6.03 Å². The van der Waals surface area contributed by atoms with E-state index in [0.717, 1.165) is 0 Å². The maximum atomic E-state index is 12.3. The van der Waals surface area contributed by atoms with Gasteiger partial charge in [0, 0.05) is 25.4 Å². The zero-order valence-electron chi connectivity index (χ0n) is 15.6. The molecule has 0 aromatic carbocycles. The summed E-state index contributed by atoms with van der Waals surface area (Å²) < 4.78 is 5.66. The number of amides is 2. The van der Waals surface area contributed by atoms with Crippen molar-refractivity contribution in [1.82, 2.24) is 10.3 Å². The standard InChI is InChI=1S/C19H26N6O2/c1-3-4-5-6-7-8-15-13-27-10-9-22-18-17(21-2)14(12-20)11-16(24-18)25-19(26)23-15/h3-8,11-12,15,20-21H,9-10,13H2,1-2H3,(H3,22,23,24,25,26)/b4-3-,6-5-,8-7+,20-12?/t15-/m0/s1. The minimum Gasteiger partial charge on any atom is -0.385 e. The number of ether oxygens (including phenoxy) is 1. The molecular weight excluding hydrogens is 344 g/mol. The third kappa shape index (κ3) is 6.27. The largest absolute Gasteiger partial charge is 0.385 e. The first kappa shape index (κ1) is 20.2. The molecule has 8 nitrogen and oxygen atoms in total. The molecule has 144 valence electrons. The third-order valence-electron chi connectivity index (χ3n) is 3.72. The van der Waals surface area contributed by atoms with Crippen LogP contribution in [0.5, 0.6) is 0 Å². The van der Waals surface area contributed by atoms with E-state index in [0.29, 0.717) is 42.6 Å². The molecule has 5 N–H and O–H groups in total. The normalized spacial score (nSPS) is 18.4. The Labute approximate surface area is 159 Å². The summed E-state index contributed by atoms with van der Waals surface area (Å²) in [6.07, 6.45) is 12.6. The van der Waals surface area contributed by atoms with Crippen LogP contribution in [0, 0.1) is 5.41 Å². The van der Waals surface area contributed by atoms with Gasteiger partial charge in [0.15, 0.2) is 5.82 Å². The van der Waals surface area contributed by atoms with E-state index in [2.05, 4.69) is 26.3 Å². The summed E-state index contributed by atoms with van der Waals surface area (Å²) in [6.45, 7) is 3.31. The molecule has 0 radical (unpaired) electrons. The van der Waals surface area contributed by atoms with Gasteiger partial charge in [-0.15, -0.1) is 0 Å². The van der Waals surface area contributed by atoms with Crippen molar-refractivity contribution < 1.29 is 9.53 Å². The zero-order chi connectivity index (χ0) is 19.5. The second-order valence-corrected chi connectivity index (χ2v) is 5.72. The number of hydrogen-bond donors (Lipinski definition) is 5. The van der Waals surface area contributed by atoms with Gasteiger partial charge in [0.2, 0.25) is 0 Å². The molecule has 0 saturated heterocycles. The zero-order valence-corrected chi connectivity index (χ0v) is 15.6. The van der Waals surface area contributed by atoms with Crippen LogP contribution in [0.4, 0.5) is 22.1 Å². The first-order valence-corrected chi connectivity index (χ1v) is 8.76. The van der Waals surface area contributed by atoms with Crippen LogP contribution in [-0.2, 0) is 4.74 Å². The molecule has 1 aromatic rings. The van der Waals surface area contributed by atoms with Gasteiger partial charge in [0.1, 0.15) is 5.82 Å². The van der Waals surface area contributed by atoms with E-state index in [1.54, 1.807) is 13.1 Å². The number of aromatic nitrogens is 1. The second-order valence-electron chi connectivity index (χ2n) is 5.72. The van der Waals surface area contributed by atoms with Crippen LogP contribution >= 0.6 is 0 Å². The Morgan fingerprint density at radius 1 is 1.33 bits per heavy atom. The van der Waals surface area contributed by atoms with Gasteiger partial charge in [-0.2, -0.15) is 0 Å². The topological polar surface area (TPSA) is 111 Å². The highest BCUT2D eigenvalue weighted by Gasteiger charge is 2.15. The fourth-order valence-electron chi connectivity index (χ4n) is 2.49. The summed E-state index contributed by atoms with van der Waals surface area (Å²) in [5.41, 5.74) is 1.32. The van der Waals surface area contributed by atoms with Gasteiger partial charge >= 0.3 is 6.03 Å². The van der Waals surface area contributed by atoms with Crippen LogP contribution in [-0.4, -0.2) is 50.1 Å². The number of anilines is 3. The van der Waals surface area contributed by atoms with Crippen LogP contribution in [0.25, 0.3) is 0 Å². The van der Waals surface area contributed by atoms with Crippen molar-refractivity contribution >= 4 is 29.6 Å². The van der Waals surface area contributed by atoms with Crippen molar-refractivity contribution in [3.63, 3.8) is 0 Å². The van der Waals surface area contributed by atoms with Crippen LogP contribution in [0.2, 0.25) is 0 Å². The lowest BCUT2D eigenvalue weighted by molar-refractivity contribution is 0.132. The summed E-state index contributed by atoms with van der Waals surface area (Å²) in [4.78, 5) is 16.7. The maximum Gasteiger partial charge on any atom is 0.320 e. The highest BCUT2D eigenvalue weighted by Crippen LogP contribution is 2.25. The molecule has 2 bridgehead atoms. The number of nitrogens with one attached hydrogen (secondary N) is 5. The summed E-state index contributed by atoms with van der Waals surface area (Å²) in [5, 5.41) is 19.4. The number of pyridine rings is 1. The van der Waals surface area contributed by atoms with Crippen LogP contribution in [0.3, 0.4) is 0 Å². The third-order valence-corrected chi connectivity index (χ3v) is 3.72. The molecule has 1 aliphatic rings. The van der Waals surface area contributed by atoms with E-state index in [-0.39, 0.29) is 6.04 Å². The lowest BCUT2D eigenvalue weighted by Gasteiger charge is -2.20. The Morgan fingerprint density at radius 2 is 2.15 bits per heavy atom. The lowest BCUT2D eigenvalue weighted by Crippen LogP contribution is -2.40. The SMILES string of the molecule is C\C=C/C=C\C=C\[C@H]1COCCNc2nc(cc(C=N)c2NC)NC(=O)N1. The Hall–Kier alpha value is -3.13. The van der Waals surface area contributed by atoms with Gasteiger partial charge in [-0.05, 0) is 13.0 Å². The molecule has 2 heterocycles. The molecule has 27 heavy (non-hydrogen) atoms. The first-order valence-electron chi connectivity index (χ1n) is 8.76. The number of allylic oxidation sites excluding steroid dienone is 5. The van der Waals surface area contributed by atoms with Gasteiger partial charge in [0.05, 0.1) is 24.9 Å². The number of nitrogens with zero attached hydrogens (tertiary/aromatic N) is 1. The predicted octanol–water partition coefficient (Wildman–Crippen LogP) is 2.74. The monoisotopic (exact) mass is 370 g/mol. The van der Waals surface area contributed by atoms with E-state index in [9.17, 15) is 4.79 Å². The minimum atomic E-state index is -0.391. The molecule has 0 saturated carbocycles. The number of carbonyl (C=O) groups excluding carboxylic acids is 1. The van der Waals surface area contributed by atoms with Crippen molar-refractivity contribution in [3.05, 3.63) is 48.1 Å². The van der Waals surface area contributed by atoms with Crippen molar-refractivity contribution in [1.29, 1.82) is 5.41 Å². The lowest BCUT2D eigenvalue weighted by atomic mass is 10.2. The Kier molecular flexibility index (Phi) is 8.05. The molecule has 0 spiro atoms. The highest BCUT2D eigenvalue weighted by molar-refractivity contribution is 5.95. The average molecular weight is 370 g/mol. The van der Waals surface area contributed by atoms with Gasteiger partial charge < -0.3 is 26.1 Å². The van der Waals surface area contributed by atoms with Crippen LogP contribution < -0.4 is 21.3 Å². The summed E-state index contributed by atoms with van der Waals surface area (Å²) in [7, 11) is 1.76. The summed E-state index contributed by atoms with van der Waals surface area (Å²) in [5.74, 6) is 0.924.